The molecule has 0 spiro atoms. The second kappa shape index (κ2) is 5.33. The molecule has 0 bridgehead atoms. The number of hydrogen-bond donors (Lipinski definition) is 2. The standard InChI is InChI=1S/C8H15N5O/c1-2-4-10-8(14)7-6-13(5-3-9)12-11-7/h6H,2-5,9H2,1H3,(H,10,14). The molecular formula is C8H15N5O. The zero-order valence-electron chi connectivity index (χ0n) is 8.23. The summed E-state index contributed by atoms with van der Waals surface area (Å²) in [5, 5.41) is 10.2. The van der Waals surface area contributed by atoms with E-state index < -0.39 is 0 Å². The molecule has 1 heterocycles. The molecule has 3 N–H and O–H groups in total. The molecular weight excluding hydrogens is 182 g/mol. The Morgan fingerprint density at radius 2 is 2.50 bits per heavy atom. The Kier molecular flexibility index (Phi) is 4.06. The Bertz CT molecular complexity index is 296. The van der Waals surface area contributed by atoms with Gasteiger partial charge in [-0.15, -0.1) is 5.10 Å². The summed E-state index contributed by atoms with van der Waals surface area (Å²) < 4.78 is 1.56. The van der Waals surface area contributed by atoms with E-state index in [1.54, 1.807) is 10.9 Å². The first kappa shape index (κ1) is 10.6. The highest BCUT2D eigenvalue weighted by Gasteiger charge is 2.08. The van der Waals surface area contributed by atoms with Gasteiger partial charge in [-0.3, -0.25) is 9.48 Å². The van der Waals surface area contributed by atoms with E-state index in [2.05, 4.69) is 15.6 Å². The second-order valence-electron chi connectivity index (χ2n) is 2.91. The molecule has 6 nitrogen and oxygen atoms in total. The molecule has 0 aliphatic heterocycles. The highest BCUT2D eigenvalue weighted by molar-refractivity contribution is 5.91. The maximum absolute atomic E-state index is 11.4. The van der Waals surface area contributed by atoms with Crippen molar-refractivity contribution in [2.45, 2.75) is 19.9 Å². The van der Waals surface area contributed by atoms with Crippen LogP contribution in [-0.4, -0.2) is 34.0 Å². The van der Waals surface area contributed by atoms with Crippen molar-refractivity contribution in [3.05, 3.63) is 11.9 Å². The summed E-state index contributed by atoms with van der Waals surface area (Å²) in [5.74, 6) is -0.185. The monoisotopic (exact) mass is 197 g/mol. The lowest BCUT2D eigenvalue weighted by atomic mass is 10.4. The number of nitrogens with one attached hydrogen (secondary N) is 1. The van der Waals surface area contributed by atoms with Gasteiger partial charge in [-0.05, 0) is 6.42 Å². The predicted octanol–water partition coefficient (Wildman–Crippen LogP) is -0.623. The van der Waals surface area contributed by atoms with E-state index >= 15 is 0 Å². The topological polar surface area (TPSA) is 85.8 Å². The van der Waals surface area contributed by atoms with Crippen molar-refractivity contribution in [2.24, 2.45) is 5.73 Å². The van der Waals surface area contributed by atoms with Crippen LogP contribution >= 0.6 is 0 Å². The minimum atomic E-state index is -0.185. The predicted molar refractivity (Wildman–Crippen MR) is 51.7 cm³/mol. The highest BCUT2D eigenvalue weighted by atomic mass is 16.1. The van der Waals surface area contributed by atoms with Crippen LogP contribution in [0.4, 0.5) is 0 Å². The van der Waals surface area contributed by atoms with E-state index in [-0.39, 0.29) is 5.91 Å². The number of hydrogen-bond acceptors (Lipinski definition) is 4. The smallest absolute Gasteiger partial charge is 0.273 e. The van der Waals surface area contributed by atoms with Gasteiger partial charge in [-0.25, -0.2) is 0 Å². The highest BCUT2D eigenvalue weighted by Crippen LogP contribution is 1.92. The molecule has 0 aliphatic carbocycles. The van der Waals surface area contributed by atoms with Crippen LogP contribution in [0.15, 0.2) is 6.20 Å². The maximum atomic E-state index is 11.4. The second-order valence-corrected chi connectivity index (χ2v) is 2.91. The first-order valence-electron chi connectivity index (χ1n) is 4.66. The van der Waals surface area contributed by atoms with Gasteiger partial charge >= 0.3 is 0 Å². The summed E-state index contributed by atoms with van der Waals surface area (Å²) in [6.45, 7) is 3.71. The van der Waals surface area contributed by atoms with Gasteiger partial charge < -0.3 is 11.1 Å². The van der Waals surface area contributed by atoms with Crippen LogP contribution < -0.4 is 11.1 Å². The van der Waals surface area contributed by atoms with E-state index in [0.29, 0.717) is 25.3 Å². The van der Waals surface area contributed by atoms with Crippen LogP contribution in [0.25, 0.3) is 0 Å². The van der Waals surface area contributed by atoms with E-state index in [1.165, 1.54) is 0 Å². The van der Waals surface area contributed by atoms with Crippen molar-refractivity contribution in [2.75, 3.05) is 13.1 Å². The maximum Gasteiger partial charge on any atom is 0.273 e. The molecule has 0 atom stereocenters. The molecule has 0 aliphatic rings. The van der Waals surface area contributed by atoms with Crippen LogP contribution in [0.1, 0.15) is 23.8 Å². The fourth-order valence-corrected chi connectivity index (χ4v) is 0.973. The van der Waals surface area contributed by atoms with Crippen LogP contribution in [0.5, 0.6) is 0 Å². The summed E-state index contributed by atoms with van der Waals surface area (Å²) in [4.78, 5) is 11.4. The number of carbonyl (C=O) groups excluding carboxylic acids is 1. The van der Waals surface area contributed by atoms with Crippen molar-refractivity contribution in [3.8, 4) is 0 Å². The molecule has 0 saturated carbocycles. The van der Waals surface area contributed by atoms with Crippen molar-refractivity contribution in [1.82, 2.24) is 20.3 Å². The number of amides is 1. The van der Waals surface area contributed by atoms with Crippen LogP contribution in [0.2, 0.25) is 0 Å². The van der Waals surface area contributed by atoms with Crippen LogP contribution in [0, 0.1) is 0 Å². The number of rotatable bonds is 5. The molecule has 1 rings (SSSR count). The molecule has 6 heteroatoms. The SMILES string of the molecule is CCCNC(=O)c1cn(CCN)nn1. The van der Waals surface area contributed by atoms with E-state index in [0.717, 1.165) is 6.42 Å². The van der Waals surface area contributed by atoms with Crippen LogP contribution in [-0.2, 0) is 6.54 Å². The largest absolute Gasteiger partial charge is 0.351 e. The van der Waals surface area contributed by atoms with Gasteiger partial charge in [-0.2, -0.15) is 0 Å². The normalized spacial score (nSPS) is 10.1. The molecule has 0 unspecified atom stereocenters. The van der Waals surface area contributed by atoms with Crippen molar-refractivity contribution < 1.29 is 4.79 Å². The summed E-state index contributed by atoms with van der Waals surface area (Å²) in [6, 6.07) is 0. The van der Waals surface area contributed by atoms with Crippen LogP contribution in [0.3, 0.4) is 0 Å². The lowest BCUT2D eigenvalue weighted by Crippen LogP contribution is -2.24. The summed E-state index contributed by atoms with van der Waals surface area (Å²) >= 11 is 0. The third-order valence-corrected chi connectivity index (χ3v) is 1.67. The molecule has 0 saturated heterocycles. The molecule has 1 aromatic rings. The zero-order chi connectivity index (χ0) is 10.4. The number of aromatic nitrogens is 3. The van der Waals surface area contributed by atoms with Gasteiger partial charge in [-0.1, -0.05) is 12.1 Å². The molecule has 14 heavy (non-hydrogen) atoms. The zero-order valence-corrected chi connectivity index (χ0v) is 8.23. The quantitative estimate of drug-likeness (QED) is 0.658. The average molecular weight is 197 g/mol. The third kappa shape index (κ3) is 2.81. The minimum absolute atomic E-state index is 0.185. The number of carbonyl (C=O) groups is 1. The number of nitrogens with zero attached hydrogens (tertiary/aromatic N) is 3. The molecule has 1 aromatic heterocycles. The van der Waals surface area contributed by atoms with Gasteiger partial charge in [0.2, 0.25) is 0 Å². The van der Waals surface area contributed by atoms with Gasteiger partial charge in [0.25, 0.3) is 5.91 Å². The van der Waals surface area contributed by atoms with Gasteiger partial charge in [0.1, 0.15) is 0 Å². The Balaban J connectivity index is 2.53. The lowest BCUT2D eigenvalue weighted by Gasteiger charge is -1.98. The minimum Gasteiger partial charge on any atom is -0.351 e. The van der Waals surface area contributed by atoms with E-state index in [9.17, 15) is 4.79 Å². The first-order chi connectivity index (χ1) is 6.77. The molecule has 0 fully saturated rings. The Hall–Kier alpha value is -1.43. The lowest BCUT2D eigenvalue weighted by molar-refractivity contribution is 0.0948. The van der Waals surface area contributed by atoms with Crippen molar-refractivity contribution in [1.29, 1.82) is 0 Å². The Morgan fingerprint density at radius 3 is 3.14 bits per heavy atom. The average Bonchev–Trinajstić information content (AvgIpc) is 2.63. The van der Waals surface area contributed by atoms with Gasteiger partial charge in [0, 0.05) is 13.1 Å². The third-order valence-electron chi connectivity index (χ3n) is 1.67. The Morgan fingerprint density at radius 1 is 1.71 bits per heavy atom. The van der Waals surface area contributed by atoms with E-state index in [1.807, 2.05) is 6.92 Å². The van der Waals surface area contributed by atoms with Gasteiger partial charge in [0.15, 0.2) is 5.69 Å². The fraction of sp³-hybridized carbons (Fsp3) is 0.625. The van der Waals surface area contributed by atoms with Crippen molar-refractivity contribution in [3.63, 3.8) is 0 Å². The first-order valence-corrected chi connectivity index (χ1v) is 4.66. The molecule has 0 aromatic carbocycles. The summed E-state index contributed by atoms with van der Waals surface area (Å²) in [7, 11) is 0. The molecule has 78 valence electrons. The van der Waals surface area contributed by atoms with Crippen molar-refractivity contribution >= 4 is 5.91 Å². The summed E-state index contributed by atoms with van der Waals surface area (Å²) in [6.07, 6.45) is 2.50. The van der Waals surface area contributed by atoms with Gasteiger partial charge in [0.05, 0.1) is 12.7 Å². The molecule has 1 amide bonds. The summed E-state index contributed by atoms with van der Waals surface area (Å²) in [5.41, 5.74) is 5.68. The fourth-order valence-electron chi connectivity index (χ4n) is 0.973. The molecule has 0 radical (unpaired) electrons. The van der Waals surface area contributed by atoms with E-state index in [4.69, 9.17) is 5.73 Å². The number of nitrogens with two attached hydrogens (primary N) is 1. The Labute approximate surface area is 82.5 Å².